The molecule has 3 aromatic carbocycles. The van der Waals surface area contributed by atoms with Crippen molar-refractivity contribution < 1.29 is 14.3 Å². The third-order valence-electron chi connectivity index (χ3n) is 5.16. The van der Waals surface area contributed by atoms with Crippen molar-refractivity contribution in [2.45, 2.75) is 25.3 Å². The maximum Gasteiger partial charge on any atom is 0.258 e. The summed E-state index contributed by atoms with van der Waals surface area (Å²) in [6, 6.07) is 25.4. The summed E-state index contributed by atoms with van der Waals surface area (Å²) < 4.78 is 5.72. The standard InChI is InChI=1S/C25H24N2O3/c28-24-14-11-20-16-21(12-13-22(20)26-24)30-17-25(29)27-23(19-9-5-2-6-10-19)15-18-7-3-1-4-8-18/h1-10,12-13,16,23H,11,14-15,17H2,(H,26,28)(H,27,29). The zero-order chi connectivity index (χ0) is 20.8. The molecule has 0 spiro atoms. The first kappa shape index (κ1) is 19.7. The van der Waals surface area contributed by atoms with Gasteiger partial charge >= 0.3 is 0 Å². The highest BCUT2D eigenvalue weighted by Gasteiger charge is 2.17. The van der Waals surface area contributed by atoms with Gasteiger partial charge in [-0.05, 0) is 47.7 Å². The fourth-order valence-electron chi connectivity index (χ4n) is 3.62. The van der Waals surface area contributed by atoms with Gasteiger partial charge in [-0.25, -0.2) is 0 Å². The van der Waals surface area contributed by atoms with E-state index in [1.54, 1.807) is 6.07 Å². The second kappa shape index (κ2) is 9.27. The van der Waals surface area contributed by atoms with Gasteiger partial charge in [0.15, 0.2) is 6.61 Å². The number of amides is 2. The molecule has 5 heteroatoms. The zero-order valence-electron chi connectivity index (χ0n) is 16.6. The number of aryl methyl sites for hydroxylation is 1. The third kappa shape index (κ3) is 5.06. The molecular formula is C25H24N2O3. The van der Waals surface area contributed by atoms with Crippen LogP contribution in [0, 0.1) is 0 Å². The Bertz CT molecular complexity index is 1020. The van der Waals surface area contributed by atoms with E-state index < -0.39 is 0 Å². The lowest BCUT2D eigenvalue weighted by atomic mass is 9.99. The van der Waals surface area contributed by atoms with E-state index in [-0.39, 0.29) is 24.5 Å². The highest BCUT2D eigenvalue weighted by atomic mass is 16.5. The molecule has 0 fully saturated rings. The van der Waals surface area contributed by atoms with Crippen molar-refractivity contribution in [3.63, 3.8) is 0 Å². The molecule has 1 heterocycles. The van der Waals surface area contributed by atoms with Crippen molar-refractivity contribution in [1.29, 1.82) is 0 Å². The van der Waals surface area contributed by atoms with Crippen molar-refractivity contribution in [1.82, 2.24) is 5.32 Å². The van der Waals surface area contributed by atoms with Gasteiger partial charge in [0.2, 0.25) is 5.91 Å². The lowest BCUT2D eigenvalue weighted by Crippen LogP contribution is -2.33. The molecule has 5 nitrogen and oxygen atoms in total. The molecule has 3 aromatic rings. The Labute approximate surface area is 176 Å². The Morgan fingerprint density at radius 1 is 0.967 bits per heavy atom. The zero-order valence-corrected chi connectivity index (χ0v) is 16.6. The summed E-state index contributed by atoms with van der Waals surface area (Å²) in [5.41, 5.74) is 4.05. The number of carbonyl (C=O) groups is 2. The van der Waals surface area contributed by atoms with Gasteiger partial charge in [0.25, 0.3) is 5.91 Å². The predicted molar refractivity (Wildman–Crippen MR) is 116 cm³/mol. The fraction of sp³-hybridized carbons (Fsp3) is 0.200. The number of anilines is 1. The Kier molecular flexibility index (Phi) is 6.09. The monoisotopic (exact) mass is 400 g/mol. The number of rotatable bonds is 7. The molecule has 4 rings (SSSR count). The number of ether oxygens (including phenoxy) is 1. The van der Waals surface area contributed by atoms with E-state index in [0.29, 0.717) is 25.0 Å². The van der Waals surface area contributed by atoms with Crippen LogP contribution in [-0.4, -0.2) is 18.4 Å². The van der Waals surface area contributed by atoms with Crippen LogP contribution in [-0.2, 0) is 22.4 Å². The van der Waals surface area contributed by atoms with Gasteiger partial charge < -0.3 is 15.4 Å². The van der Waals surface area contributed by atoms with Crippen LogP contribution >= 0.6 is 0 Å². The maximum atomic E-state index is 12.6. The molecule has 0 radical (unpaired) electrons. The molecule has 0 saturated carbocycles. The molecule has 0 aromatic heterocycles. The molecule has 0 bridgehead atoms. The quantitative estimate of drug-likeness (QED) is 0.629. The minimum absolute atomic E-state index is 0.0286. The van der Waals surface area contributed by atoms with Gasteiger partial charge in [-0.2, -0.15) is 0 Å². The smallest absolute Gasteiger partial charge is 0.258 e. The average molecular weight is 400 g/mol. The maximum absolute atomic E-state index is 12.6. The van der Waals surface area contributed by atoms with Crippen molar-refractivity contribution >= 4 is 17.5 Å². The molecule has 1 aliphatic heterocycles. The van der Waals surface area contributed by atoms with Crippen molar-refractivity contribution in [2.75, 3.05) is 11.9 Å². The molecule has 0 aliphatic carbocycles. The minimum Gasteiger partial charge on any atom is -0.484 e. The van der Waals surface area contributed by atoms with E-state index >= 15 is 0 Å². The van der Waals surface area contributed by atoms with Crippen molar-refractivity contribution in [3.05, 3.63) is 95.6 Å². The van der Waals surface area contributed by atoms with Crippen LogP contribution in [0.25, 0.3) is 0 Å². The van der Waals surface area contributed by atoms with Crippen molar-refractivity contribution in [2.24, 2.45) is 0 Å². The molecule has 30 heavy (non-hydrogen) atoms. The van der Waals surface area contributed by atoms with Crippen LogP contribution in [0.4, 0.5) is 5.69 Å². The summed E-state index contributed by atoms with van der Waals surface area (Å²) in [7, 11) is 0. The van der Waals surface area contributed by atoms with Crippen LogP contribution in [0.3, 0.4) is 0 Å². The molecule has 0 saturated heterocycles. The first-order chi connectivity index (χ1) is 14.7. The number of benzene rings is 3. The van der Waals surface area contributed by atoms with Crippen LogP contribution in [0.2, 0.25) is 0 Å². The highest BCUT2D eigenvalue weighted by molar-refractivity contribution is 5.94. The average Bonchev–Trinajstić information content (AvgIpc) is 2.78. The fourth-order valence-corrected chi connectivity index (χ4v) is 3.62. The van der Waals surface area contributed by atoms with Gasteiger partial charge in [-0.1, -0.05) is 60.7 Å². The van der Waals surface area contributed by atoms with Crippen molar-refractivity contribution in [3.8, 4) is 5.75 Å². The Hall–Kier alpha value is -3.60. The second-order valence-electron chi connectivity index (χ2n) is 7.38. The van der Waals surface area contributed by atoms with Gasteiger partial charge in [0.05, 0.1) is 6.04 Å². The van der Waals surface area contributed by atoms with Gasteiger partial charge in [0, 0.05) is 12.1 Å². The van der Waals surface area contributed by atoms with E-state index in [1.165, 1.54) is 0 Å². The normalized spacial score (nSPS) is 13.7. The van der Waals surface area contributed by atoms with E-state index in [9.17, 15) is 9.59 Å². The Balaban J connectivity index is 1.40. The number of nitrogens with one attached hydrogen (secondary N) is 2. The van der Waals surface area contributed by atoms with Gasteiger partial charge in [-0.15, -0.1) is 0 Å². The summed E-state index contributed by atoms with van der Waals surface area (Å²) >= 11 is 0. The summed E-state index contributed by atoms with van der Waals surface area (Å²) in [4.78, 5) is 24.1. The largest absolute Gasteiger partial charge is 0.484 e. The minimum atomic E-state index is -0.175. The van der Waals surface area contributed by atoms with E-state index in [0.717, 1.165) is 22.4 Å². The van der Waals surface area contributed by atoms with Gasteiger partial charge in [-0.3, -0.25) is 9.59 Å². The Morgan fingerprint density at radius 3 is 2.47 bits per heavy atom. The highest BCUT2D eigenvalue weighted by Crippen LogP contribution is 2.27. The van der Waals surface area contributed by atoms with Gasteiger partial charge in [0.1, 0.15) is 5.75 Å². The first-order valence-electron chi connectivity index (χ1n) is 10.1. The van der Waals surface area contributed by atoms with Crippen LogP contribution in [0.5, 0.6) is 5.75 Å². The first-order valence-corrected chi connectivity index (χ1v) is 10.1. The topological polar surface area (TPSA) is 67.4 Å². The molecule has 1 aliphatic rings. The molecular weight excluding hydrogens is 376 g/mol. The predicted octanol–water partition coefficient (Wildman–Crippen LogP) is 4.05. The number of fused-ring (bicyclic) bond motifs is 1. The number of carbonyl (C=O) groups excluding carboxylic acids is 2. The summed E-state index contributed by atoms with van der Waals surface area (Å²) in [5.74, 6) is 0.478. The summed E-state index contributed by atoms with van der Waals surface area (Å²) in [6.07, 6.45) is 1.85. The van der Waals surface area contributed by atoms with Crippen LogP contribution < -0.4 is 15.4 Å². The van der Waals surface area contributed by atoms with E-state index in [2.05, 4.69) is 22.8 Å². The van der Waals surface area contributed by atoms with E-state index in [4.69, 9.17) is 4.74 Å². The number of hydrogen-bond acceptors (Lipinski definition) is 3. The molecule has 2 amide bonds. The van der Waals surface area contributed by atoms with Crippen LogP contribution in [0.1, 0.15) is 29.2 Å². The molecule has 152 valence electrons. The molecule has 2 N–H and O–H groups in total. The number of hydrogen-bond donors (Lipinski definition) is 2. The second-order valence-corrected chi connectivity index (χ2v) is 7.38. The third-order valence-corrected chi connectivity index (χ3v) is 5.16. The van der Waals surface area contributed by atoms with Crippen LogP contribution in [0.15, 0.2) is 78.9 Å². The molecule has 1 atom stereocenters. The lowest BCUT2D eigenvalue weighted by molar-refractivity contribution is -0.123. The molecule has 1 unspecified atom stereocenters. The summed E-state index contributed by atoms with van der Waals surface area (Å²) in [6.45, 7) is -0.0662. The SMILES string of the molecule is O=C1CCc2cc(OCC(=O)NC(Cc3ccccc3)c3ccccc3)ccc2N1. The van der Waals surface area contributed by atoms with E-state index in [1.807, 2.05) is 60.7 Å². The lowest BCUT2D eigenvalue weighted by Gasteiger charge is -2.20. The Morgan fingerprint density at radius 2 is 1.70 bits per heavy atom. The summed E-state index contributed by atoms with van der Waals surface area (Å²) in [5, 5.41) is 5.94.